The van der Waals surface area contributed by atoms with Gasteiger partial charge in [-0.3, -0.25) is 9.89 Å². The number of carbonyl (C=O) groups is 1. The van der Waals surface area contributed by atoms with Gasteiger partial charge in [0.25, 0.3) is 0 Å². The minimum atomic E-state index is -0.247. The van der Waals surface area contributed by atoms with Crippen molar-refractivity contribution in [1.82, 2.24) is 30.0 Å². The number of piperidine rings is 1. The van der Waals surface area contributed by atoms with Gasteiger partial charge in [0.15, 0.2) is 0 Å². The normalized spacial score (nSPS) is 17.9. The second-order valence-corrected chi connectivity index (χ2v) is 6.39. The molecule has 1 unspecified atom stereocenters. The Balaban J connectivity index is 1.46. The summed E-state index contributed by atoms with van der Waals surface area (Å²) >= 11 is 0. The lowest BCUT2D eigenvalue weighted by Crippen LogP contribution is -2.40. The van der Waals surface area contributed by atoms with Gasteiger partial charge in [0.05, 0.1) is 17.5 Å². The van der Waals surface area contributed by atoms with Gasteiger partial charge in [-0.2, -0.15) is 4.98 Å². The summed E-state index contributed by atoms with van der Waals surface area (Å²) in [5.74, 6) is 1.16. The zero-order chi connectivity index (χ0) is 17.4. The van der Waals surface area contributed by atoms with Gasteiger partial charge in [0.2, 0.25) is 11.9 Å². The molecule has 3 aromatic rings. The largest absolute Gasteiger partial charge is 0.367 e. The molecule has 0 saturated carbocycles. The van der Waals surface area contributed by atoms with E-state index in [9.17, 15) is 9.59 Å². The van der Waals surface area contributed by atoms with E-state index < -0.39 is 0 Å². The van der Waals surface area contributed by atoms with Gasteiger partial charge in [-0.15, -0.1) is 5.10 Å². The van der Waals surface area contributed by atoms with Crippen molar-refractivity contribution in [3.63, 3.8) is 0 Å². The molecule has 9 nitrogen and oxygen atoms in total. The molecule has 0 spiro atoms. The fourth-order valence-corrected chi connectivity index (χ4v) is 3.37. The average molecular weight is 341 g/mol. The van der Waals surface area contributed by atoms with Gasteiger partial charge >= 0.3 is 5.69 Å². The molecule has 0 bridgehead atoms. The Bertz CT molecular complexity index is 970. The smallest absolute Gasteiger partial charge is 0.323 e. The van der Waals surface area contributed by atoms with E-state index in [1.165, 1.54) is 0 Å². The number of likely N-dealkylation sites (tertiary alicyclic amines) is 1. The molecule has 0 radical (unpaired) electrons. The maximum absolute atomic E-state index is 12.7. The number of nitrogens with zero attached hydrogens (tertiary/aromatic N) is 3. The van der Waals surface area contributed by atoms with E-state index in [1.807, 2.05) is 23.1 Å². The standard InChI is InChI=1S/C16H19N7O2/c17-15-20-14(21-22-15)10-2-1-5-23(8-10)13(24)7-9-3-4-11-12(6-9)19-16(25)18-11/h3-4,6,10H,1-2,5,7-8H2,(H2,18,19,25)(H3,17,20,21,22). The van der Waals surface area contributed by atoms with E-state index in [0.29, 0.717) is 18.5 Å². The van der Waals surface area contributed by atoms with Gasteiger partial charge in [-0.1, -0.05) is 6.07 Å². The molecular weight excluding hydrogens is 322 g/mol. The molecule has 1 aromatic carbocycles. The quantitative estimate of drug-likeness (QED) is 0.550. The van der Waals surface area contributed by atoms with Crippen molar-refractivity contribution in [3.05, 3.63) is 40.1 Å². The van der Waals surface area contributed by atoms with Crippen LogP contribution < -0.4 is 11.4 Å². The van der Waals surface area contributed by atoms with Crippen molar-refractivity contribution in [3.8, 4) is 0 Å². The lowest BCUT2D eigenvalue weighted by atomic mass is 9.96. The number of nitrogens with one attached hydrogen (secondary N) is 3. The van der Waals surface area contributed by atoms with Crippen LogP contribution in [0.2, 0.25) is 0 Å². The Morgan fingerprint density at radius 2 is 2.16 bits per heavy atom. The van der Waals surface area contributed by atoms with Crippen molar-refractivity contribution in [2.45, 2.75) is 25.2 Å². The van der Waals surface area contributed by atoms with Crippen LogP contribution in [0.4, 0.5) is 5.95 Å². The summed E-state index contributed by atoms with van der Waals surface area (Å²) in [4.78, 5) is 35.5. The lowest BCUT2D eigenvalue weighted by molar-refractivity contribution is -0.131. The number of rotatable bonds is 3. The van der Waals surface area contributed by atoms with Gasteiger partial charge < -0.3 is 20.6 Å². The number of anilines is 1. The fourth-order valence-electron chi connectivity index (χ4n) is 3.37. The van der Waals surface area contributed by atoms with E-state index >= 15 is 0 Å². The maximum Gasteiger partial charge on any atom is 0.323 e. The number of benzene rings is 1. The fraction of sp³-hybridized carbons (Fsp3) is 0.375. The van der Waals surface area contributed by atoms with Gasteiger partial charge in [0.1, 0.15) is 5.82 Å². The molecule has 0 aliphatic carbocycles. The number of hydrogen-bond acceptors (Lipinski definition) is 5. The summed E-state index contributed by atoms with van der Waals surface area (Å²) in [7, 11) is 0. The molecule has 1 saturated heterocycles. The number of fused-ring (bicyclic) bond motifs is 1. The first kappa shape index (κ1) is 15.4. The van der Waals surface area contributed by atoms with E-state index in [0.717, 1.165) is 36.3 Å². The van der Waals surface area contributed by atoms with Crippen LogP contribution in [0.25, 0.3) is 11.0 Å². The predicted molar refractivity (Wildman–Crippen MR) is 92.0 cm³/mol. The summed E-state index contributed by atoms with van der Waals surface area (Å²) < 4.78 is 0. The molecule has 1 aliphatic heterocycles. The second kappa shape index (κ2) is 6.08. The van der Waals surface area contributed by atoms with Gasteiger partial charge in [-0.25, -0.2) is 4.79 Å². The molecule has 1 atom stereocenters. The Hall–Kier alpha value is -3.10. The Kier molecular flexibility index (Phi) is 3.75. The Morgan fingerprint density at radius 1 is 1.32 bits per heavy atom. The van der Waals surface area contributed by atoms with Crippen LogP contribution >= 0.6 is 0 Å². The first-order chi connectivity index (χ1) is 12.1. The van der Waals surface area contributed by atoms with Gasteiger partial charge in [-0.05, 0) is 30.5 Å². The van der Waals surface area contributed by atoms with Crippen LogP contribution in [0.3, 0.4) is 0 Å². The SMILES string of the molecule is Nc1n[nH]c(C2CCCN(C(=O)Cc3ccc4[nH]c(=O)[nH]c4c3)C2)n1. The zero-order valence-electron chi connectivity index (χ0n) is 13.6. The van der Waals surface area contributed by atoms with Crippen molar-refractivity contribution in [2.75, 3.05) is 18.8 Å². The van der Waals surface area contributed by atoms with Gasteiger partial charge in [0, 0.05) is 19.0 Å². The predicted octanol–water partition coefficient (Wildman–Crippen LogP) is 0.505. The topological polar surface area (TPSA) is 137 Å². The number of aromatic nitrogens is 5. The minimum Gasteiger partial charge on any atom is -0.367 e. The van der Waals surface area contributed by atoms with Crippen molar-refractivity contribution in [2.24, 2.45) is 0 Å². The minimum absolute atomic E-state index is 0.0643. The summed E-state index contributed by atoms with van der Waals surface area (Å²) in [6, 6.07) is 5.51. The molecule has 1 fully saturated rings. The molecule has 1 aliphatic rings. The summed E-state index contributed by atoms with van der Waals surface area (Å²) in [5.41, 5.74) is 7.64. The highest BCUT2D eigenvalue weighted by Crippen LogP contribution is 2.25. The third kappa shape index (κ3) is 3.12. The van der Waals surface area contributed by atoms with Crippen molar-refractivity contribution in [1.29, 1.82) is 0 Å². The number of nitrogens with two attached hydrogens (primary N) is 1. The first-order valence-electron chi connectivity index (χ1n) is 8.25. The number of aromatic amines is 3. The number of amides is 1. The molecule has 25 heavy (non-hydrogen) atoms. The van der Waals surface area contributed by atoms with Crippen molar-refractivity contribution >= 4 is 22.9 Å². The average Bonchev–Trinajstić information content (AvgIpc) is 3.19. The molecule has 9 heteroatoms. The highest BCUT2D eigenvalue weighted by Gasteiger charge is 2.26. The van der Waals surface area contributed by atoms with E-state index in [-0.39, 0.29) is 23.5 Å². The van der Waals surface area contributed by atoms with Crippen LogP contribution in [0.15, 0.2) is 23.0 Å². The highest BCUT2D eigenvalue weighted by molar-refractivity contribution is 5.81. The van der Waals surface area contributed by atoms with Crippen molar-refractivity contribution < 1.29 is 4.79 Å². The highest BCUT2D eigenvalue weighted by atomic mass is 16.2. The van der Waals surface area contributed by atoms with Crippen LogP contribution in [-0.2, 0) is 11.2 Å². The number of hydrogen-bond donors (Lipinski definition) is 4. The number of imidazole rings is 1. The summed E-state index contributed by atoms with van der Waals surface area (Å²) in [6.45, 7) is 1.35. The van der Waals surface area contributed by atoms with Crippen LogP contribution in [-0.4, -0.2) is 49.0 Å². The lowest BCUT2D eigenvalue weighted by Gasteiger charge is -2.31. The van der Waals surface area contributed by atoms with E-state index in [4.69, 9.17) is 5.73 Å². The number of nitrogen functional groups attached to an aromatic ring is 1. The maximum atomic E-state index is 12.7. The van der Waals surface area contributed by atoms with Crippen LogP contribution in [0, 0.1) is 0 Å². The first-order valence-corrected chi connectivity index (χ1v) is 8.25. The number of H-pyrrole nitrogens is 3. The van der Waals surface area contributed by atoms with Crippen LogP contribution in [0.5, 0.6) is 0 Å². The number of carbonyl (C=O) groups excluding carboxylic acids is 1. The third-order valence-corrected chi connectivity index (χ3v) is 4.62. The molecular formula is C16H19N7O2. The Labute approximate surface area is 142 Å². The summed E-state index contributed by atoms with van der Waals surface area (Å²) in [5, 5.41) is 6.71. The van der Waals surface area contributed by atoms with E-state index in [2.05, 4.69) is 25.1 Å². The molecule has 4 rings (SSSR count). The second-order valence-electron chi connectivity index (χ2n) is 6.39. The van der Waals surface area contributed by atoms with E-state index in [1.54, 1.807) is 0 Å². The molecule has 5 N–H and O–H groups in total. The molecule has 3 heterocycles. The molecule has 130 valence electrons. The zero-order valence-corrected chi connectivity index (χ0v) is 13.6. The monoisotopic (exact) mass is 341 g/mol. The molecule has 1 amide bonds. The Morgan fingerprint density at radius 3 is 2.96 bits per heavy atom. The third-order valence-electron chi connectivity index (χ3n) is 4.62. The molecule has 2 aromatic heterocycles. The van der Waals surface area contributed by atoms with Crippen LogP contribution in [0.1, 0.15) is 30.1 Å². The summed E-state index contributed by atoms with van der Waals surface area (Å²) in [6.07, 6.45) is 2.17.